The first-order valence-electron chi connectivity index (χ1n) is 6.49. The van der Waals surface area contributed by atoms with Crippen LogP contribution in [0.4, 0.5) is 5.69 Å². The summed E-state index contributed by atoms with van der Waals surface area (Å²) in [5.41, 5.74) is 8.45. The second-order valence-electron chi connectivity index (χ2n) is 4.67. The maximum Gasteiger partial charge on any atom is 0.0505 e. The lowest BCUT2D eigenvalue weighted by atomic mass is 10.1. The molecule has 1 aromatic carbocycles. The largest absolute Gasteiger partial charge is 0.369 e. The maximum absolute atomic E-state index is 5.61. The van der Waals surface area contributed by atoms with Crippen LogP contribution in [0.25, 0.3) is 0 Å². The summed E-state index contributed by atoms with van der Waals surface area (Å²) in [6, 6.07) is 6.89. The van der Waals surface area contributed by atoms with Gasteiger partial charge in [0.25, 0.3) is 0 Å². The van der Waals surface area contributed by atoms with Crippen LogP contribution < -0.4 is 10.6 Å². The average molecular weight is 250 g/mol. The van der Waals surface area contributed by atoms with Crippen molar-refractivity contribution in [2.24, 2.45) is 5.73 Å². The number of aryl methyl sites for hydroxylation is 1. The first-order valence-corrected chi connectivity index (χ1v) is 7.37. The molecule has 2 nitrogen and oxygen atoms in total. The van der Waals surface area contributed by atoms with Crippen LogP contribution in [0.1, 0.15) is 25.8 Å². The second-order valence-corrected chi connectivity index (χ2v) is 6.15. The summed E-state index contributed by atoms with van der Waals surface area (Å²) in [6.45, 7) is 7.52. The predicted octanol–water partition coefficient (Wildman–Crippen LogP) is 2.90. The predicted molar refractivity (Wildman–Crippen MR) is 77.0 cm³/mol. The Bertz CT molecular complexity index is 378. The molecule has 3 heteroatoms. The van der Waals surface area contributed by atoms with E-state index in [1.807, 2.05) is 11.8 Å². The fourth-order valence-electron chi connectivity index (χ4n) is 2.29. The van der Waals surface area contributed by atoms with Gasteiger partial charge in [0.1, 0.15) is 0 Å². The lowest BCUT2D eigenvalue weighted by molar-refractivity contribution is 0.713. The van der Waals surface area contributed by atoms with Crippen molar-refractivity contribution < 1.29 is 0 Å². The van der Waals surface area contributed by atoms with E-state index in [-0.39, 0.29) is 0 Å². The Morgan fingerprint density at radius 3 is 3.00 bits per heavy atom. The quantitative estimate of drug-likeness (QED) is 0.891. The Kier molecular flexibility index (Phi) is 4.35. The normalized spacial score (nSPS) is 19.2. The molecule has 1 aliphatic rings. The highest BCUT2D eigenvalue weighted by atomic mass is 32.2. The Morgan fingerprint density at radius 2 is 2.29 bits per heavy atom. The molecule has 2 N–H and O–H groups in total. The van der Waals surface area contributed by atoms with E-state index in [0.29, 0.717) is 5.25 Å². The van der Waals surface area contributed by atoms with Gasteiger partial charge in [-0.15, -0.1) is 11.8 Å². The number of nitrogens with zero attached hydrogens (tertiary/aromatic N) is 1. The number of thioether (sulfide) groups is 1. The SMILES string of the molecule is CCc1ccc2c(c1)SC(C)CN2CCCN. The van der Waals surface area contributed by atoms with E-state index < -0.39 is 0 Å². The van der Waals surface area contributed by atoms with E-state index >= 15 is 0 Å². The number of anilines is 1. The van der Waals surface area contributed by atoms with Gasteiger partial charge in [-0.25, -0.2) is 0 Å². The molecule has 0 amide bonds. The molecule has 94 valence electrons. The molecule has 0 saturated carbocycles. The first kappa shape index (κ1) is 12.8. The Morgan fingerprint density at radius 1 is 1.47 bits per heavy atom. The van der Waals surface area contributed by atoms with Crippen molar-refractivity contribution in [3.63, 3.8) is 0 Å². The van der Waals surface area contributed by atoms with Crippen molar-refractivity contribution >= 4 is 17.4 Å². The Balaban J connectivity index is 2.23. The molecule has 1 heterocycles. The Labute approximate surface area is 109 Å². The van der Waals surface area contributed by atoms with Crippen LogP contribution in [0.5, 0.6) is 0 Å². The topological polar surface area (TPSA) is 29.3 Å². The van der Waals surface area contributed by atoms with E-state index in [1.165, 1.54) is 16.1 Å². The van der Waals surface area contributed by atoms with Crippen molar-refractivity contribution in [1.29, 1.82) is 0 Å². The molecule has 1 aromatic rings. The van der Waals surface area contributed by atoms with E-state index in [0.717, 1.165) is 32.5 Å². The molecule has 1 aliphatic heterocycles. The van der Waals surface area contributed by atoms with Crippen molar-refractivity contribution in [2.75, 3.05) is 24.5 Å². The number of hydrogen-bond acceptors (Lipinski definition) is 3. The minimum Gasteiger partial charge on any atom is -0.369 e. The minimum absolute atomic E-state index is 0.674. The van der Waals surface area contributed by atoms with E-state index in [4.69, 9.17) is 5.73 Å². The van der Waals surface area contributed by atoms with Crippen molar-refractivity contribution in [3.05, 3.63) is 23.8 Å². The summed E-state index contributed by atoms with van der Waals surface area (Å²) in [5, 5.41) is 0.674. The van der Waals surface area contributed by atoms with Gasteiger partial charge >= 0.3 is 0 Å². The molecular weight excluding hydrogens is 228 g/mol. The summed E-state index contributed by atoms with van der Waals surface area (Å²) in [6.07, 6.45) is 2.19. The van der Waals surface area contributed by atoms with Gasteiger partial charge in [-0.1, -0.05) is 19.9 Å². The first-order chi connectivity index (χ1) is 8.24. The molecule has 0 spiro atoms. The number of benzene rings is 1. The zero-order chi connectivity index (χ0) is 12.3. The number of hydrogen-bond donors (Lipinski definition) is 1. The zero-order valence-corrected chi connectivity index (χ0v) is 11.6. The molecule has 1 unspecified atom stereocenters. The van der Waals surface area contributed by atoms with E-state index in [2.05, 4.69) is 36.9 Å². The molecule has 0 radical (unpaired) electrons. The van der Waals surface area contributed by atoms with Crippen molar-refractivity contribution in [3.8, 4) is 0 Å². The highest BCUT2D eigenvalue weighted by molar-refractivity contribution is 8.00. The highest BCUT2D eigenvalue weighted by Gasteiger charge is 2.21. The van der Waals surface area contributed by atoms with Crippen LogP contribution in [-0.2, 0) is 6.42 Å². The molecular formula is C14H22N2S. The molecule has 0 aliphatic carbocycles. The Hall–Kier alpha value is -0.670. The van der Waals surface area contributed by atoms with Gasteiger partial charge < -0.3 is 10.6 Å². The van der Waals surface area contributed by atoms with Crippen LogP contribution in [0.2, 0.25) is 0 Å². The van der Waals surface area contributed by atoms with Crippen LogP contribution in [0.15, 0.2) is 23.1 Å². The number of rotatable bonds is 4. The molecule has 0 fully saturated rings. The molecule has 0 saturated heterocycles. The molecule has 0 bridgehead atoms. The van der Waals surface area contributed by atoms with Crippen LogP contribution in [-0.4, -0.2) is 24.9 Å². The molecule has 17 heavy (non-hydrogen) atoms. The molecule has 2 rings (SSSR count). The lowest BCUT2D eigenvalue weighted by Gasteiger charge is -2.34. The summed E-state index contributed by atoms with van der Waals surface area (Å²) >= 11 is 2.01. The smallest absolute Gasteiger partial charge is 0.0505 e. The van der Waals surface area contributed by atoms with Crippen LogP contribution in [0.3, 0.4) is 0 Å². The van der Waals surface area contributed by atoms with Crippen LogP contribution >= 0.6 is 11.8 Å². The van der Waals surface area contributed by atoms with Crippen LogP contribution in [0, 0.1) is 0 Å². The van der Waals surface area contributed by atoms with E-state index in [1.54, 1.807) is 0 Å². The van der Waals surface area contributed by atoms with Gasteiger partial charge in [-0.05, 0) is 37.1 Å². The second kappa shape index (κ2) is 5.78. The van der Waals surface area contributed by atoms with Gasteiger partial charge in [0.2, 0.25) is 0 Å². The zero-order valence-electron chi connectivity index (χ0n) is 10.8. The van der Waals surface area contributed by atoms with Crippen molar-refractivity contribution in [2.45, 2.75) is 36.8 Å². The summed E-state index contributed by atoms with van der Waals surface area (Å²) in [4.78, 5) is 3.93. The highest BCUT2D eigenvalue weighted by Crippen LogP contribution is 2.38. The van der Waals surface area contributed by atoms with E-state index in [9.17, 15) is 0 Å². The average Bonchev–Trinajstić information content (AvgIpc) is 2.34. The van der Waals surface area contributed by atoms with Gasteiger partial charge in [0.15, 0.2) is 0 Å². The third-order valence-corrected chi connectivity index (χ3v) is 4.34. The maximum atomic E-state index is 5.61. The third kappa shape index (κ3) is 2.96. The summed E-state index contributed by atoms with van der Waals surface area (Å²) < 4.78 is 0. The van der Waals surface area contributed by atoms with Gasteiger partial charge in [0.05, 0.1) is 5.69 Å². The van der Waals surface area contributed by atoms with Gasteiger partial charge in [-0.3, -0.25) is 0 Å². The molecule has 0 aromatic heterocycles. The standard InChI is InChI=1S/C14H22N2S/c1-3-12-5-6-13-14(9-12)17-11(2)10-16(13)8-4-7-15/h5-6,9,11H,3-4,7-8,10,15H2,1-2H3. The van der Waals surface area contributed by atoms with Crippen molar-refractivity contribution in [1.82, 2.24) is 0 Å². The van der Waals surface area contributed by atoms with Gasteiger partial charge in [-0.2, -0.15) is 0 Å². The summed E-state index contributed by atoms with van der Waals surface area (Å²) in [7, 11) is 0. The third-order valence-electron chi connectivity index (χ3n) is 3.21. The van der Waals surface area contributed by atoms with Gasteiger partial charge in [0, 0.05) is 23.2 Å². The number of fused-ring (bicyclic) bond motifs is 1. The fourth-order valence-corrected chi connectivity index (χ4v) is 3.52. The monoisotopic (exact) mass is 250 g/mol. The lowest BCUT2D eigenvalue weighted by Crippen LogP contribution is -2.34. The minimum atomic E-state index is 0.674. The number of nitrogens with two attached hydrogens (primary N) is 1. The fraction of sp³-hybridized carbons (Fsp3) is 0.571. The summed E-state index contributed by atoms with van der Waals surface area (Å²) in [5.74, 6) is 0. The molecule has 1 atom stereocenters.